The monoisotopic (exact) mass is 410 g/mol. The van der Waals surface area contributed by atoms with Crippen LogP contribution in [-0.4, -0.2) is 17.6 Å². The van der Waals surface area contributed by atoms with Gasteiger partial charge in [-0.2, -0.15) is 0 Å². The van der Waals surface area contributed by atoms with Gasteiger partial charge in [0, 0.05) is 27.4 Å². The van der Waals surface area contributed by atoms with Crippen LogP contribution in [0.2, 0.25) is 0 Å². The van der Waals surface area contributed by atoms with Crippen molar-refractivity contribution in [2.75, 3.05) is 6.54 Å². The van der Waals surface area contributed by atoms with Gasteiger partial charge in [0.25, 0.3) is 0 Å². The molecule has 0 saturated heterocycles. The van der Waals surface area contributed by atoms with Gasteiger partial charge in [0.2, 0.25) is 0 Å². The summed E-state index contributed by atoms with van der Waals surface area (Å²) in [6.45, 7) is 3.24. The summed E-state index contributed by atoms with van der Waals surface area (Å²) in [5, 5.41) is 3.65. The summed E-state index contributed by atoms with van der Waals surface area (Å²) in [6.07, 6.45) is 6.90. The molecule has 1 heterocycles. The zero-order chi connectivity index (χ0) is 15.1. The first kappa shape index (κ1) is 16.7. The van der Waals surface area contributed by atoms with E-state index in [-0.39, 0.29) is 0 Å². The number of halogens is 2. The average Bonchev–Trinajstić information content (AvgIpc) is 2.47. The van der Waals surface area contributed by atoms with Crippen LogP contribution in [0.5, 0.6) is 0 Å². The lowest BCUT2D eigenvalue weighted by Gasteiger charge is -2.19. The maximum Gasteiger partial charge on any atom is 0.0410 e. The van der Waals surface area contributed by atoms with Crippen molar-refractivity contribution in [2.45, 2.75) is 32.2 Å². The first-order valence-electron chi connectivity index (χ1n) is 7.25. The molecule has 0 amide bonds. The quantitative estimate of drug-likeness (QED) is 0.710. The van der Waals surface area contributed by atoms with E-state index in [1.165, 1.54) is 15.6 Å². The Balaban J connectivity index is 2.09. The van der Waals surface area contributed by atoms with Crippen molar-refractivity contribution in [3.63, 3.8) is 0 Å². The molecule has 2 aromatic rings. The molecule has 2 rings (SSSR count). The molecule has 21 heavy (non-hydrogen) atoms. The number of pyridine rings is 1. The smallest absolute Gasteiger partial charge is 0.0410 e. The van der Waals surface area contributed by atoms with E-state index < -0.39 is 0 Å². The summed E-state index contributed by atoms with van der Waals surface area (Å²) in [6, 6.07) is 11.0. The minimum Gasteiger partial charge on any atom is -0.313 e. The topological polar surface area (TPSA) is 24.9 Å². The van der Waals surface area contributed by atoms with Gasteiger partial charge in [-0.1, -0.05) is 41.1 Å². The number of benzene rings is 1. The molecule has 1 aromatic carbocycles. The SMILES string of the molecule is CCCNC(Cc1cncc(Br)c1)Cc1ccccc1Br. The first-order chi connectivity index (χ1) is 10.2. The Hall–Kier alpha value is -0.710. The summed E-state index contributed by atoms with van der Waals surface area (Å²) >= 11 is 7.14. The molecular weight excluding hydrogens is 392 g/mol. The second-order valence-corrected chi connectivity index (χ2v) is 6.93. The third kappa shape index (κ3) is 5.53. The molecule has 0 bridgehead atoms. The van der Waals surface area contributed by atoms with Crippen molar-refractivity contribution in [3.05, 3.63) is 62.8 Å². The second kappa shape index (κ2) is 8.66. The molecule has 0 aliphatic heterocycles. The minimum absolute atomic E-state index is 0.416. The van der Waals surface area contributed by atoms with E-state index in [4.69, 9.17) is 0 Å². The van der Waals surface area contributed by atoms with Crippen LogP contribution in [0.1, 0.15) is 24.5 Å². The predicted molar refractivity (Wildman–Crippen MR) is 95.6 cm³/mol. The zero-order valence-electron chi connectivity index (χ0n) is 12.2. The number of aromatic nitrogens is 1. The molecule has 0 radical (unpaired) electrons. The van der Waals surface area contributed by atoms with Crippen LogP contribution in [0.25, 0.3) is 0 Å². The molecule has 0 aliphatic rings. The van der Waals surface area contributed by atoms with Gasteiger partial charge in [0.15, 0.2) is 0 Å². The third-order valence-electron chi connectivity index (χ3n) is 3.35. The standard InChI is InChI=1S/C17H20Br2N2/c1-2-7-21-16(9-13-8-15(18)12-20-11-13)10-14-5-3-4-6-17(14)19/h3-6,8,11-12,16,21H,2,7,9-10H2,1H3. The van der Waals surface area contributed by atoms with E-state index in [1.807, 2.05) is 12.4 Å². The van der Waals surface area contributed by atoms with Crippen molar-refractivity contribution in [1.82, 2.24) is 10.3 Å². The van der Waals surface area contributed by atoms with Crippen molar-refractivity contribution >= 4 is 31.9 Å². The first-order valence-corrected chi connectivity index (χ1v) is 8.84. The fraction of sp³-hybridized carbons (Fsp3) is 0.353. The van der Waals surface area contributed by atoms with Gasteiger partial charge in [-0.25, -0.2) is 0 Å². The minimum atomic E-state index is 0.416. The van der Waals surface area contributed by atoms with Gasteiger partial charge in [-0.3, -0.25) is 4.98 Å². The van der Waals surface area contributed by atoms with Crippen LogP contribution in [0.15, 0.2) is 51.7 Å². The number of rotatable bonds is 7. The lowest BCUT2D eigenvalue weighted by Crippen LogP contribution is -2.34. The Labute approximate surface area is 143 Å². The lowest BCUT2D eigenvalue weighted by molar-refractivity contribution is 0.503. The highest BCUT2D eigenvalue weighted by Gasteiger charge is 2.12. The Morgan fingerprint density at radius 1 is 1.14 bits per heavy atom. The van der Waals surface area contributed by atoms with Crippen molar-refractivity contribution in [2.24, 2.45) is 0 Å². The largest absolute Gasteiger partial charge is 0.313 e. The molecule has 2 nitrogen and oxygen atoms in total. The highest BCUT2D eigenvalue weighted by Crippen LogP contribution is 2.19. The van der Waals surface area contributed by atoms with E-state index in [0.717, 1.165) is 30.3 Å². The van der Waals surface area contributed by atoms with Crippen molar-refractivity contribution in [3.8, 4) is 0 Å². The molecule has 1 atom stereocenters. The fourth-order valence-corrected chi connectivity index (χ4v) is 3.21. The van der Waals surface area contributed by atoms with Gasteiger partial charge in [-0.15, -0.1) is 0 Å². The van der Waals surface area contributed by atoms with Crippen LogP contribution in [0.4, 0.5) is 0 Å². The summed E-state index contributed by atoms with van der Waals surface area (Å²) < 4.78 is 2.22. The van der Waals surface area contributed by atoms with Crippen LogP contribution in [0.3, 0.4) is 0 Å². The molecule has 1 unspecified atom stereocenters. The van der Waals surface area contributed by atoms with Gasteiger partial charge >= 0.3 is 0 Å². The Kier molecular flexibility index (Phi) is 6.87. The fourth-order valence-electron chi connectivity index (χ4n) is 2.35. The van der Waals surface area contributed by atoms with E-state index in [2.05, 4.69) is 79.4 Å². The van der Waals surface area contributed by atoms with E-state index in [1.54, 1.807) is 0 Å². The van der Waals surface area contributed by atoms with E-state index in [9.17, 15) is 0 Å². The van der Waals surface area contributed by atoms with Gasteiger partial charge < -0.3 is 5.32 Å². The van der Waals surface area contributed by atoms with Crippen LogP contribution >= 0.6 is 31.9 Å². The number of hydrogen-bond acceptors (Lipinski definition) is 2. The molecule has 0 fully saturated rings. The molecule has 0 spiro atoms. The lowest BCUT2D eigenvalue weighted by atomic mass is 10.00. The third-order valence-corrected chi connectivity index (χ3v) is 4.56. The summed E-state index contributed by atoms with van der Waals surface area (Å²) in [5.41, 5.74) is 2.60. The summed E-state index contributed by atoms with van der Waals surface area (Å²) in [7, 11) is 0. The Bertz CT molecular complexity index is 572. The zero-order valence-corrected chi connectivity index (χ0v) is 15.3. The highest BCUT2D eigenvalue weighted by molar-refractivity contribution is 9.10. The number of nitrogens with one attached hydrogen (secondary N) is 1. The van der Waals surface area contributed by atoms with Crippen molar-refractivity contribution in [1.29, 1.82) is 0 Å². The molecule has 112 valence electrons. The maximum absolute atomic E-state index is 4.26. The van der Waals surface area contributed by atoms with Crippen LogP contribution in [-0.2, 0) is 12.8 Å². The highest BCUT2D eigenvalue weighted by atomic mass is 79.9. The molecule has 1 N–H and O–H groups in total. The van der Waals surface area contributed by atoms with Crippen molar-refractivity contribution < 1.29 is 0 Å². The normalized spacial score (nSPS) is 12.3. The van der Waals surface area contributed by atoms with Crippen LogP contribution in [0, 0.1) is 0 Å². The number of hydrogen-bond donors (Lipinski definition) is 1. The van der Waals surface area contributed by atoms with Gasteiger partial charge in [-0.05, 0) is 65.0 Å². The van der Waals surface area contributed by atoms with Gasteiger partial charge in [0.1, 0.15) is 0 Å². The summed E-state index contributed by atoms with van der Waals surface area (Å²) in [4.78, 5) is 4.26. The molecule has 1 aromatic heterocycles. The number of nitrogens with zero attached hydrogens (tertiary/aromatic N) is 1. The Morgan fingerprint density at radius 3 is 2.67 bits per heavy atom. The summed E-state index contributed by atoms with van der Waals surface area (Å²) in [5.74, 6) is 0. The molecule has 4 heteroatoms. The van der Waals surface area contributed by atoms with E-state index in [0.29, 0.717) is 6.04 Å². The maximum atomic E-state index is 4.26. The second-order valence-electron chi connectivity index (χ2n) is 5.16. The van der Waals surface area contributed by atoms with Crippen LogP contribution < -0.4 is 5.32 Å². The van der Waals surface area contributed by atoms with Gasteiger partial charge in [0.05, 0.1) is 0 Å². The molecule has 0 saturated carbocycles. The predicted octanol–water partition coefficient (Wildman–Crippen LogP) is 4.76. The molecular formula is C17H20Br2N2. The average molecular weight is 412 g/mol. The molecule has 0 aliphatic carbocycles. The Morgan fingerprint density at radius 2 is 1.95 bits per heavy atom. The van der Waals surface area contributed by atoms with E-state index >= 15 is 0 Å².